The fourth-order valence-corrected chi connectivity index (χ4v) is 7.00. The summed E-state index contributed by atoms with van der Waals surface area (Å²) < 4.78 is 74.6. The van der Waals surface area contributed by atoms with E-state index in [1.54, 1.807) is 25.1 Å². The summed E-state index contributed by atoms with van der Waals surface area (Å²) in [6.45, 7) is 1.63. The number of nitrogens with one attached hydrogen (secondary N) is 1. The minimum atomic E-state index is -4.85. The average Bonchev–Trinajstić information content (AvgIpc) is 3.43. The smallest absolute Gasteiger partial charge is 0.367 e. The zero-order chi connectivity index (χ0) is 26.8. The Bertz CT molecular complexity index is 1440. The van der Waals surface area contributed by atoms with Crippen LogP contribution in [0.15, 0.2) is 53.4 Å². The van der Waals surface area contributed by atoms with E-state index >= 15 is 0 Å². The van der Waals surface area contributed by atoms with Gasteiger partial charge in [0.15, 0.2) is 0 Å². The quantitative estimate of drug-likeness (QED) is 0.569. The number of nitrogens with zero attached hydrogens (tertiary/aromatic N) is 2. The summed E-state index contributed by atoms with van der Waals surface area (Å²) in [5.41, 5.74) is -4.27. The molecule has 0 aromatic heterocycles. The van der Waals surface area contributed by atoms with Crippen LogP contribution in [0.25, 0.3) is 0 Å². The number of fused-ring (bicyclic) bond motifs is 5. The van der Waals surface area contributed by atoms with Crippen molar-refractivity contribution >= 4 is 27.5 Å². The van der Waals surface area contributed by atoms with Crippen LogP contribution < -0.4 is 9.62 Å². The number of carbonyl (C=O) groups excluding carboxylic acids is 2. The molecule has 3 fully saturated rings. The number of carbonyl (C=O) groups is 2. The molecular formula is C25H22F3N3O5S. The lowest BCUT2D eigenvalue weighted by Gasteiger charge is -2.31. The Hall–Kier alpha value is -3.27. The number of sulfonamides is 1. The molecule has 1 N–H and O–H groups in total. The number of hydrogen-bond acceptors (Lipinski definition) is 6. The number of nitriles is 1. The molecular weight excluding hydrogens is 511 g/mol. The third kappa shape index (κ3) is 3.93. The van der Waals surface area contributed by atoms with Crippen LogP contribution in [-0.4, -0.2) is 38.0 Å². The molecule has 5 rings (SSSR count). The van der Waals surface area contributed by atoms with E-state index in [2.05, 4.69) is 4.72 Å². The molecule has 4 atom stereocenters. The normalized spacial score (nSPS) is 29.0. The number of anilines is 1. The van der Waals surface area contributed by atoms with Crippen LogP contribution in [-0.2, 0) is 30.5 Å². The highest BCUT2D eigenvalue weighted by atomic mass is 32.2. The van der Waals surface area contributed by atoms with Gasteiger partial charge in [0.1, 0.15) is 0 Å². The highest BCUT2D eigenvalue weighted by molar-refractivity contribution is 7.89. The average molecular weight is 534 g/mol. The van der Waals surface area contributed by atoms with E-state index in [0.29, 0.717) is 18.9 Å². The van der Waals surface area contributed by atoms with Gasteiger partial charge in [0, 0.05) is 6.54 Å². The Morgan fingerprint density at radius 3 is 2.43 bits per heavy atom. The maximum absolute atomic E-state index is 13.6. The topological polar surface area (TPSA) is 117 Å². The number of benzene rings is 2. The SMILES string of the molecule is CC12CCC(CCNS(=O)(=O)c3ccccc3)(O1)[C@H]1C(=O)N(c3ccc(C#N)c(C(F)(F)F)c3)C(=O)[C@H]12. The number of halogens is 3. The van der Waals surface area contributed by atoms with Crippen LogP contribution in [0.1, 0.15) is 37.3 Å². The van der Waals surface area contributed by atoms with Gasteiger partial charge in [-0.1, -0.05) is 18.2 Å². The molecule has 0 radical (unpaired) electrons. The van der Waals surface area contributed by atoms with Crippen molar-refractivity contribution in [1.82, 2.24) is 4.72 Å². The molecule has 0 spiro atoms. The summed E-state index contributed by atoms with van der Waals surface area (Å²) in [4.78, 5) is 27.8. The highest BCUT2D eigenvalue weighted by Gasteiger charge is 2.73. The van der Waals surface area contributed by atoms with Crippen molar-refractivity contribution in [3.8, 4) is 6.07 Å². The molecule has 3 saturated heterocycles. The predicted octanol–water partition coefficient (Wildman–Crippen LogP) is 3.37. The zero-order valence-electron chi connectivity index (χ0n) is 19.6. The van der Waals surface area contributed by atoms with Gasteiger partial charge in [-0.2, -0.15) is 18.4 Å². The lowest BCUT2D eigenvalue weighted by atomic mass is 9.67. The van der Waals surface area contributed by atoms with Crippen LogP contribution in [0, 0.1) is 23.2 Å². The minimum absolute atomic E-state index is 0.0624. The molecule has 3 aliphatic rings. The van der Waals surface area contributed by atoms with Gasteiger partial charge in [-0.05, 0) is 56.5 Å². The molecule has 2 unspecified atom stereocenters. The Morgan fingerprint density at radius 1 is 1.11 bits per heavy atom. The zero-order valence-corrected chi connectivity index (χ0v) is 20.4. The number of amides is 2. The fraction of sp³-hybridized carbons (Fsp3) is 0.400. The maximum Gasteiger partial charge on any atom is 0.417 e. The molecule has 0 aliphatic carbocycles. The fourth-order valence-electron chi connectivity index (χ4n) is 5.95. The molecule has 2 aromatic rings. The van der Waals surface area contributed by atoms with Gasteiger partial charge in [0.05, 0.1) is 50.8 Å². The molecule has 2 amide bonds. The van der Waals surface area contributed by atoms with Gasteiger partial charge in [-0.25, -0.2) is 18.0 Å². The van der Waals surface area contributed by atoms with E-state index in [9.17, 15) is 31.2 Å². The van der Waals surface area contributed by atoms with Crippen molar-refractivity contribution in [2.24, 2.45) is 11.8 Å². The molecule has 3 heterocycles. The summed E-state index contributed by atoms with van der Waals surface area (Å²) >= 11 is 0. The van der Waals surface area contributed by atoms with E-state index in [1.165, 1.54) is 18.2 Å². The third-order valence-corrected chi connectivity index (χ3v) is 9.07. The summed E-state index contributed by atoms with van der Waals surface area (Å²) in [6.07, 6.45) is -3.92. The molecule has 12 heteroatoms. The largest absolute Gasteiger partial charge is 0.417 e. The molecule has 3 aliphatic heterocycles. The van der Waals surface area contributed by atoms with Crippen LogP contribution in [0.2, 0.25) is 0 Å². The number of imide groups is 1. The van der Waals surface area contributed by atoms with Crippen LogP contribution in [0.3, 0.4) is 0 Å². The van der Waals surface area contributed by atoms with Crippen LogP contribution in [0.5, 0.6) is 0 Å². The lowest BCUT2D eigenvalue weighted by molar-refractivity contribution is -0.138. The number of hydrogen-bond donors (Lipinski definition) is 1. The second kappa shape index (κ2) is 8.37. The Balaban J connectivity index is 1.43. The Kier molecular flexibility index (Phi) is 5.74. The van der Waals surface area contributed by atoms with Crippen molar-refractivity contribution in [3.63, 3.8) is 0 Å². The predicted molar refractivity (Wildman–Crippen MR) is 123 cm³/mol. The van der Waals surface area contributed by atoms with E-state index in [1.807, 2.05) is 0 Å². The standard InChI is InChI=1S/C25H22F3N3O5S/c1-23-9-10-24(36-23,11-12-30-37(34,35)17-5-3-2-4-6-17)20-19(23)21(32)31(22(20)33)16-8-7-15(14-29)18(13-16)25(26,27)28/h2-8,13,19-20,30H,9-12H2,1H3/t19-,20+,23?,24?/m0/s1. The molecule has 8 nitrogen and oxygen atoms in total. The monoisotopic (exact) mass is 533 g/mol. The van der Waals surface area contributed by atoms with Crippen molar-refractivity contribution in [2.75, 3.05) is 11.4 Å². The lowest BCUT2D eigenvalue weighted by Crippen LogP contribution is -2.44. The van der Waals surface area contributed by atoms with E-state index in [-0.39, 0.29) is 23.5 Å². The van der Waals surface area contributed by atoms with Crippen molar-refractivity contribution in [2.45, 2.75) is 48.5 Å². The van der Waals surface area contributed by atoms with E-state index in [0.717, 1.165) is 17.0 Å². The van der Waals surface area contributed by atoms with E-state index < -0.39 is 62.2 Å². The first-order valence-corrected chi connectivity index (χ1v) is 13.1. The third-order valence-electron chi connectivity index (χ3n) is 7.59. The molecule has 37 heavy (non-hydrogen) atoms. The molecule has 2 bridgehead atoms. The van der Waals surface area contributed by atoms with Gasteiger partial charge in [0.2, 0.25) is 21.8 Å². The second-order valence-electron chi connectivity index (χ2n) is 9.75. The van der Waals surface area contributed by atoms with Gasteiger partial charge in [-0.15, -0.1) is 0 Å². The minimum Gasteiger partial charge on any atom is -0.367 e. The maximum atomic E-state index is 13.6. The van der Waals surface area contributed by atoms with Gasteiger partial charge < -0.3 is 4.74 Å². The van der Waals surface area contributed by atoms with Crippen molar-refractivity contribution in [1.29, 1.82) is 5.26 Å². The van der Waals surface area contributed by atoms with Gasteiger partial charge >= 0.3 is 6.18 Å². The van der Waals surface area contributed by atoms with Crippen molar-refractivity contribution < 1.29 is 35.9 Å². The van der Waals surface area contributed by atoms with E-state index in [4.69, 9.17) is 10.00 Å². The first-order chi connectivity index (χ1) is 17.3. The summed E-state index contributed by atoms with van der Waals surface area (Å²) in [5.74, 6) is -3.24. The molecule has 2 aromatic carbocycles. The molecule has 0 saturated carbocycles. The van der Waals surface area contributed by atoms with Crippen LogP contribution >= 0.6 is 0 Å². The molecule has 194 valence electrons. The number of rotatable bonds is 6. The Morgan fingerprint density at radius 2 is 1.78 bits per heavy atom. The first-order valence-electron chi connectivity index (χ1n) is 11.6. The second-order valence-corrected chi connectivity index (χ2v) is 11.5. The van der Waals surface area contributed by atoms with Crippen LogP contribution in [0.4, 0.5) is 18.9 Å². The highest BCUT2D eigenvalue weighted by Crippen LogP contribution is 2.62. The van der Waals surface area contributed by atoms with Crippen molar-refractivity contribution in [3.05, 3.63) is 59.7 Å². The van der Waals surface area contributed by atoms with Gasteiger partial charge in [-0.3, -0.25) is 9.59 Å². The number of ether oxygens (including phenoxy) is 1. The summed E-state index contributed by atoms with van der Waals surface area (Å²) in [5, 5.41) is 9.07. The first kappa shape index (κ1) is 25.4. The van der Waals surface area contributed by atoms with Gasteiger partial charge in [0.25, 0.3) is 0 Å². The summed E-state index contributed by atoms with van der Waals surface area (Å²) in [7, 11) is -3.81. The summed E-state index contributed by atoms with van der Waals surface area (Å²) in [6, 6.07) is 12.0. The Labute approximate surface area is 211 Å². The number of alkyl halides is 3.